The van der Waals surface area contributed by atoms with Crippen molar-refractivity contribution in [3.05, 3.63) is 66.1 Å². The van der Waals surface area contributed by atoms with Crippen molar-refractivity contribution in [1.82, 2.24) is 14.5 Å². The highest BCUT2D eigenvalue weighted by Crippen LogP contribution is 2.23. The number of nitrogens with one attached hydrogen (secondary N) is 1. The molecular formula is C22H24N4O4S2. The van der Waals surface area contributed by atoms with Crippen LogP contribution in [0.4, 0.5) is 5.69 Å². The molecule has 4 rings (SSSR count). The SMILES string of the molecule is O=C(CSc1nnc(Cc2ccccc2)o1)Nc1ccc(S(=O)(=O)N2CCCCC2)cc1. The highest BCUT2D eigenvalue weighted by Gasteiger charge is 2.25. The number of amides is 1. The molecule has 3 aromatic rings. The van der Waals surface area contributed by atoms with Crippen LogP contribution in [0, 0.1) is 0 Å². The minimum Gasteiger partial charge on any atom is -0.416 e. The highest BCUT2D eigenvalue weighted by atomic mass is 32.2. The molecule has 2 heterocycles. The molecule has 0 aliphatic carbocycles. The van der Waals surface area contributed by atoms with E-state index in [-0.39, 0.29) is 16.6 Å². The van der Waals surface area contributed by atoms with Gasteiger partial charge in [-0.25, -0.2) is 8.42 Å². The molecule has 0 bridgehead atoms. The third kappa shape index (κ3) is 5.76. The lowest BCUT2D eigenvalue weighted by Gasteiger charge is -2.25. The van der Waals surface area contributed by atoms with E-state index in [1.807, 2.05) is 30.3 Å². The van der Waals surface area contributed by atoms with Crippen LogP contribution >= 0.6 is 11.8 Å². The van der Waals surface area contributed by atoms with Crippen molar-refractivity contribution in [3.8, 4) is 0 Å². The van der Waals surface area contributed by atoms with Crippen LogP contribution < -0.4 is 5.32 Å². The molecule has 8 nitrogen and oxygen atoms in total. The van der Waals surface area contributed by atoms with E-state index in [0.29, 0.717) is 36.3 Å². The summed E-state index contributed by atoms with van der Waals surface area (Å²) < 4.78 is 32.5. The predicted octanol–water partition coefficient (Wildman–Crippen LogP) is 3.57. The molecule has 0 radical (unpaired) electrons. The smallest absolute Gasteiger partial charge is 0.277 e. The maximum absolute atomic E-state index is 12.7. The van der Waals surface area contributed by atoms with Crippen molar-refractivity contribution >= 4 is 33.4 Å². The van der Waals surface area contributed by atoms with Crippen LogP contribution in [0.1, 0.15) is 30.7 Å². The quantitative estimate of drug-likeness (QED) is 0.500. The second-order valence-electron chi connectivity index (χ2n) is 7.45. The van der Waals surface area contributed by atoms with Crippen molar-refractivity contribution in [2.45, 2.75) is 35.8 Å². The van der Waals surface area contributed by atoms with Crippen LogP contribution in [-0.4, -0.2) is 47.7 Å². The first-order valence-corrected chi connectivity index (χ1v) is 12.8. The lowest BCUT2D eigenvalue weighted by Crippen LogP contribution is -2.35. The molecule has 1 N–H and O–H groups in total. The topological polar surface area (TPSA) is 105 Å². The van der Waals surface area contributed by atoms with E-state index in [2.05, 4.69) is 15.5 Å². The van der Waals surface area contributed by atoms with E-state index >= 15 is 0 Å². The Balaban J connectivity index is 1.28. The van der Waals surface area contributed by atoms with E-state index in [9.17, 15) is 13.2 Å². The molecule has 1 fully saturated rings. The number of sulfonamides is 1. The second kappa shape index (κ2) is 10.3. The van der Waals surface area contributed by atoms with E-state index in [0.717, 1.165) is 36.6 Å². The zero-order valence-corrected chi connectivity index (χ0v) is 19.1. The van der Waals surface area contributed by atoms with Gasteiger partial charge >= 0.3 is 0 Å². The molecule has 1 aromatic heterocycles. The van der Waals surface area contributed by atoms with Crippen LogP contribution in [0.15, 0.2) is 69.1 Å². The van der Waals surface area contributed by atoms with Gasteiger partial charge in [0.15, 0.2) is 0 Å². The number of thioether (sulfide) groups is 1. The molecule has 1 amide bonds. The lowest BCUT2D eigenvalue weighted by atomic mass is 10.2. The summed E-state index contributed by atoms with van der Waals surface area (Å²) in [5.41, 5.74) is 1.60. The fraction of sp³-hybridized carbons (Fsp3) is 0.318. The summed E-state index contributed by atoms with van der Waals surface area (Å²) in [7, 11) is -3.49. The summed E-state index contributed by atoms with van der Waals surface area (Å²) in [6.07, 6.45) is 3.37. The molecule has 0 atom stereocenters. The zero-order chi connectivity index (χ0) is 22.4. The molecule has 32 heavy (non-hydrogen) atoms. The Bertz CT molecular complexity index is 1140. The Morgan fingerprint density at radius 3 is 2.44 bits per heavy atom. The number of piperidine rings is 1. The largest absolute Gasteiger partial charge is 0.416 e. The van der Waals surface area contributed by atoms with E-state index in [4.69, 9.17) is 4.42 Å². The van der Waals surface area contributed by atoms with Gasteiger partial charge in [-0.2, -0.15) is 4.31 Å². The van der Waals surface area contributed by atoms with Crippen molar-refractivity contribution in [2.24, 2.45) is 0 Å². The maximum atomic E-state index is 12.7. The molecule has 0 spiro atoms. The van der Waals surface area contributed by atoms with Crippen molar-refractivity contribution in [3.63, 3.8) is 0 Å². The van der Waals surface area contributed by atoms with Gasteiger partial charge in [0.05, 0.1) is 17.1 Å². The summed E-state index contributed by atoms with van der Waals surface area (Å²) in [5.74, 6) is 0.343. The average Bonchev–Trinajstić information content (AvgIpc) is 3.26. The molecular weight excluding hydrogens is 448 g/mol. The van der Waals surface area contributed by atoms with Gasteiger partial charge in [0.1, 0.15) is 0 Å². The van der Waals surface area contributed by atoms with Gasteiger partial charge in [-0.3, -0.25) is 4.79 Å². The zero-order valence-electron chi connectivity index (χ0n) is 17.4. The first kappa shape index (κ1) is 22.5. The van der Waals surface area contributed by atoms with Gasteiger partial charge in [0, 0.05) is 18.8 Å². The predicted molar refractivity (Wildman–Crippen MR) is 122 cm³/mol. The fourth-order valence-electron chi connectivity index (χ4n) is 3.43. The van der Waals surface area contributed by atoms with Crippen molar-refractivity contribution in [2.75, 3.05) is 24.2 Å². The molecule has 0 saturated carbocycles. The molecule has 1 aliphatic rings. The first-order valence-electron chi connectivity index (χ1n) is 10.4. The number of carbonyl (C=O) groups is 1. The second-order valence-corrected chi connectivity index (χ2v) is 10.3. The summed E-state index contributed by atoms with van der Waals surface area (Å²) >= 11 is 1.15. The molecule has 1 saturated heterocycles. The van der Waals surface area contributed by atoms with Crippen LogP contribution in [0.3, 0.4) is 0 Å². The van der Waals surface area contributed by atoms with Crippen LogP contribution in [0.2, 0.25) is 0 Å². The average molecular weight is 473 g/mol. The third-order valence-electron chi connectivity index (χ3n) is 5.06. The minimum absolute atomic E-state index is 0.0980. The lowest BCUT2D eigenvalue weighted by molar-refractivity contribution is -0.113. The molecule has 2 aromatic carbocycles. The number of hydrogen-bond acceptors (Lipinski definition) is 7. The van der Waals surface area contributed by atoms with Gasteiger partial charge < -0.3 is 9.73 Å². The van der Waals surface area contributed by atoms with Crippen molar-refractivity contribution < 1.29 is 17.6 Å². The molecule has 10 heteroatoms. The van der Waals surface area contributed by atoms with Crippen LogP contribution in [0.5, 0.6) is 0 Å². The van der Waals surface area contributed by atoms with Crippen molar-refractivity contribution in [1.29, 1.82) is 0 Å². The Hall–Kier alpha value is -2.69. The monoisotopic (exact) mass is 472 g/mol. The number of nitrogens with zero attached hydrogens (tertiary/aromatic N) is 3. The van der Waals surface area contributed by atoms with Crippen LogP contribution in [-0.2, 0) is 21.2 Å². The number of rotatable bonds is 8. The number of aromatic nitrogens is 2. The highest BCUT2D eigenvalue weighted by molar-refractivity contribution is 7.99. The van der Waals surface area contributed by atoms with Crippen LogP contribution in [0.25, 0.3) is 0 Å². The number of carbonyl (C=O) groups excluding carboxylic acids is 1. The normalized spacial score (nSPS) is 14.9. The fourth-order valence-corrected chi connectivity index (χ4v) is 5.52. The first-order chi connectivity index (χ1) is 15.5. The third-order valence-corrected chi connectivity index (χ3v) is 7.80. The van der Waals surface area contributed by atoms with E-state index < -0.39 is 10.0 Å². The molecule has 0 unspecified atom stereocenters. The van der Waals surface area contributed by atoms with Gasteiger partial charge in [0.25, 0.3) is 5.22 Å². The standard InChI is InChI=1S/C22H24N4O4S2/c27-20(16-31-22-25-24-21(30-22)15-17-7-3-1-4-8-17)23-18-9-11-19(12-10-18)32(28,29)26-13-5-2-6-14-26/h1,3-4,7-12H,2,5-6,13-16H2,(H,23,27). The van der Waals surface area contributed by atoms with Gasteiger partial charge in [-0.1, -0.05) is 48.5 Å². The molecule has 1 aliphatic heterocycles. The Kier molecular flexibility index (Phi) is 7.23. The number of anilines is 1. The van der Waals surface area contributed by atoms with Gasteiger partial charge in [-0.05, 0) is 42.7 Å². The maximum Gasteiger partial charge on any atom is 0.277 e. The Morgan fingerprint density at radius 2 is 1.72 bits per heavy atom. The van der Waals surface area contributed by atoms with Gasteiger partial charge in [-0.15, -0.1) is 10.2 Å². The van der Waals surface area contributed by atoms with E-state index in [1.54, 1.807) is 12.1 Å². The van der Waals surface area contributed by atoms with E-state index in [1.165, 1.54) is 16.4 Å². The summed E-state index contributed by atoms with van der Waals surface area (Å²) in [6, 6.07) is 16.1. The number of benzene rings is 2. The summed E-state index contributed by atoms with van der Waals surface area (Å²) in [6.45, 7) is 1.11. The number of hydrogen-bond donors (Lipinski definition) is 1. The Labute approximate surface area is 191 Å². The molecule has 168 valence electrons. The van der Waals surface area contributed by atoms with Gasteiger partial charge in [0.2, 0.25) is 21.8 Å². The minimum atomic E-state index is -3.49. The summed E-state index contributed by atoms with van der Waals surface area (Å²) in [4.78, 5) is 12.5. The summed E-state index contributed by atoms with van der Waals surface area (Å²) in [5, 5.41) is 11.1. The Morgan fingerprint density at radius 1 is 1.00 bits per heavy atom.